The first-order valence-electron chi connectivity index (χ1n) is 7.89. The van der Waals surface area contributed by atoms with Gasteiger partial charge >= 0.3 is 0 Å². The van der Waals surface area contributed by atoms with Crippen molar-refractivity contribution in [3.63, 3.8) is 0 Å². The van der Waals surface area contributed by atoms with Crippen LogP contribution in [0.2, 0.25) is 0 Å². The Labute approximate surface area is 135 Å². The van der Waals surface area contributed by atoms with E-state index in [2.05, 4.69) is 0 Å². The van der Waals surface area contributed by atoms with E-state index in [4.69, 9.17) is 0 Å². The molecule has 1 aromatic rings. The summed E-state index contributed by atoms with van der Waals surface area (Å²) in [6.45, 7) is 3.28. The molecule has 2 aliphatic rings. The Hall–Kier alpha value is -1.09. The van der Waals surface area contributed by atoms with Crippen molar-refractivity contribution in [1.82, 2.24) is 13.5 Å². The van der Waals surface area contributed by atoms with Crippen molar-refractivity contribution in [3.05, 3.63) is 35.4 Å². The number of benzene rings is 1. The predicted molar refractivity (Wildman–Crippen MR) is 82.9 cm³/mol. The lowest BCUT2D eigenvalue weighted by atomic mass is 10.2. The Bertz CT molecular complexity index is 655. The number of nitrogens with zero attached hydrogens (tertiary/aromatic N) is 3. The van der Waals surface area contributed by atoms with Crippen LogP contribution in [0.3, 0.4) is 0 Å². The van der Waals surface area contributed by atoms with Crippen LogP contribution in [0.1, 0.15) is 18.4 Å². The second kappa shape index (κ2) is 6.80. The molecule has 2 heterocycles. The van der Waals surface area contributed by atoms with Gasteiger partial charge in [0.05, 0.1) is 0 Å². The van der Waals surface area contributed by atoms with Gasteiger partial charge in [-0.2, -0.15) is 17.0 Å². The average Bonchev–Trinajstić information content (AvgIpc) is 3.08. The number of piperazine rings is 1. The van der Waals surface area contributed by atoms with Crippen molar-refractivity contribution in [2.24, 2.45) is 0 Å². The van der Waals surface area contributed by atoms with Crippen LogP contribution < -0.4 is 0 Å². The van der Waals surface area contributed by atoms with E-state index in [1.54, 1.807) is 6.07 Å². The molecule has 3 rings (SSSR count). The van der Waals surface area contributed by atoms with Crippen molar-refractivity contribution in [1.29, 1.82) is 0 Å². The Morgan fingerprint density at radius 2 is 1.52 bits per heavy atom. The third kappa shape index (κ3) is 3.55. The van der Waals surface area contributed by atoms with Crippen molar-refractivity contribution in [3.8, 4) is 0 Å². The van der Waals surface area contributed by atoms with Crippen molar-refractivity contribution >= 4 is 10.2 Å². The molecule has 0 radical (unpaired) electrons. The van der Waals surface area contributed by atoms with Gasteiger partial charge in [0.1, 0.15) is 0 Å². The molecular weight excluding hydrogens is 324 g/mol. The highest BCUT2D eigenvalue weighted by Gasteiger charge is 2.33. The molecule has 23 heavy (non-hydrogen) atoms. The van der Waals surface area contributed by atoms with Crippen LogP contribution in [0.15, 0.2) is 18.2 Å². The molecule has 0 aromatic heterocycles. The van der Waals surface area contributed by atoms with Gasteiger partial charge in [0, 0.05) is 51.4 Å². The third-order valence-electron chi connectivity index (χ3n) is 4.47. The lowest BCUT2D eigenvalue weighted by molar-refractivity contribution is 0.174. The Kier molecular flexibility index (Phi) is 4.96. The molecule has 0 bridgehead atoms. The monoisotopic (exact) mass is 345 g/mol. The Balaban J connectivity index is 1.59. The van der Waals surface area contributed by atoms with E-state index in [1.165, 1.54) is 14.7 Å². The predicted octanol–water partition coefficient (Wildman–Crippen LogP) is 1.42. The number of hydrogen-bond acceptors (Lipinski definition) is 3. The zero-order chi connectivity index (χ0) is 16.4. The summed E-state index contributed by atoms with van der Waals surface area (Å²) in [7, 11) is -3.37. The average molecular weight is 345 g/mol. The molecule has 0 spiro atoms. The molecule has 0 amide bonds. The fourth-order valence-electron chi connectivity index (χ4n) is 3.11. The van der Waals surface area contributed by atoms with Gasteiger partial charge in [-0.15, -0.1) is 0 Å². The highest BCUT2D eigenvalue weighted by Crippen LogP contribution is 2.19. The summed E-state index contributed by atoms with van der Waals surface area (Å²) in [6, 6.07) is 4.15. The lowest BCUT2D eigenvalue weighted by Crippen LogP contribution is -2.52. The summed E-state index contributed by atoms with van der Waals surface area (Å²) in [5.74, 6) is -1.67. The normalized spacial score (nSPS) is 21.8. The van der Waals surface area contributed by atoms with Crippen molar-refractivity contribution in [2.45, 2.75) is 19.4 Å². The van der Waals surface area contributed by atoms with Gasteiger partial charge in [-0.1, -0.05) is 12.1 Å². The molecule has 2 aliphatic heterocycles. The second-order valence-electron chi connectivity index (χ2n) is 6.00. The Morgan fingerprint density at radius 3 is 2.17 bits per heavy atom. The topological polar surface area (TPSA) is 43.9 Å². The fourth-order valence-corrected chi connectivity index (χ4v) is 4.78. The molecule has 2 saturated heterocycles. The largest absolute Gasteiger partial charge is 0.296 e. The first-order valence-corrected chi connectivity index (χ1v) is 9.28. The summed E-state index contributed by atoms with van der Waals surface area (Å²) in [6.07, 6.45) is 1.83. The standard InChI is InChI=1S/C15H21F2N3O2S/c16-14-5-3-4-13(15(14)17)12-18-8-10-20(11-9-18)23(21,22)19-6-1-2-7-19/h3-5H,1-2,6-12H2. The third-order valence-corrected chi connectivity index (χ3v) is 6.51. The fraction of sp³-hybridized carbons (Fsp3) is 0.600. The summed E-state index contributed by atoms with van der Waals surface area (Å²) in [5.41, 5.74) is 0.306. The maximum absolute atomic E-state index is 13.7. The molecule has 0 aliphatic carbocycles. The highest BCUT2D eigenvalue weighted by atomic mass is 32.2. The number of hydrogen-bond donors (Lipinski definition) is 0. The van der Waals surface area contributed by atoms with Crippen LogP contribution in [-0.2, 0) is 16.8 Å². The van der Waals surface area contributed by atoms with Crippen LogP contribution in [0.5, 0.6) is 0 Å². The zero-order valence-corrected chi connectivity index (χ0v) is 13.7. The highest BCUT2D eigenvalue weighted by molar-refractivity contribution is 7.86. The summed E-state index contributed by atoms with van der Waals surface area (Å²) >= 11 is 0. The van der Waals surface area contributed by atoms with Crippen LogP contribution in [0, 0.1) is 11.6 Å². The van der Waals surface area contributed by atoms with E-state index in [0.717, 1.165) is 18.9 Å². The maximum atomic E-state index is 13.7. The van der Waals surface area contributed by atoms with Crippen LogP contribution in [-0.4, -0.2) is 61.2 Å². The minimum Gasteiger partial charge on any atom is -0.296 e. The van der Waals surface area contributed by atoms with Gasteiger partial charge in [-0.25, -0.2) is 8.78 Å². The molecule has 0 N–H and O–H groups in total. The zero-order valence-electron chi connectivity index (χ0n) is 12.9. The van der Waals surface area contributed by atoms with Crippen molar-refractivity contribution in [2.75, 3.05) is 39.3 Å². The maximum Gasteiger partial charge on any atom is 0.282 e. The Morgan fingerprint density at radius 1 is 0.913 bits per heavy atom. The molecule has 8 heteroatoms. The summed E-state index contributed by atoms with van der Waals surface area (Å²) in [5, 5.41) is 0. The van der Waals surface area contributed by atoms with Gasteiger partial charge in [-0.05, 0) is 18.9 Å². The van der Waals surface area contributed by atoms with Crippen LogP contribution in [0.4, 0.5) is 8.78 Å². The summed E-state index contributed by atoms with van der Waals surface area (Å²) < 4.78 is 54.9. The van der Waals surface area contributed by atoms with E-state index in [0.29, 0.717) is 51.4 Å². The lowest BCUT2D eigenvalue weighted by Gasteiger charge is -2.35. The van der Waals surface area contributed by atoms with E-state index in [1.807, 2.05) is 4.90 Å². The molecule has 0 saturated carbocycles. The minimum atomic E-state index is -3.37. The van der Waals surface area contributed by atoms with Gasteiger partial charge in [0.2, 0.25) is 0 Å². The van der Waals surface area contributed by atoms with E-state index < -0.39 is 21.8 Å². The van der Waals surface area contributed by atoms with Gasteiger partial charge in [0.25, 0.3) is 10.2 Å². The molecule has 1 aromatic carbocycles. The first kappa shape index (κ1) is 16.8. The quantitative estimate of drug-likeness (QED) is 0.829. The molecule has 0 unspecified atom stereocenters. The summed E-state index contributed by atoms with van der Waals surface area (Å²) in [4.78, 5) is 1.95. The van der Waals surface area contributed by atoms with Crippen LogP contribution >= 0.6 is 0 Å². The van der Waals surface area contributed by atoms with Gasteiger partial charge in [0.15, 0.2) is 11.6 Å². The molecular formula is C15H21F2N3O2S. The van der Waals surface area contributed by atoms with E-state index in [-0.39, 0.29) is 0 Å². The van der Waals surface area contributed by atoms with E-state index in [9.17, 15) is 17.2 Å². The van der Waals surface area contributed by atoms with Crippen LogP contribution in [0.25, 0.3) is 0 Å². The molecule has 128 valence electrons. The first-order chi connectivity index (χ1) is 11.0. The molecule has 0 atom stereocenters. The SMILES string of the molecule is O=S(=O)(N1CCCC1)N1CCN(Cc2cccc(F)c2F)CC1. The number of rotatable bonds is 4. The molecule has 2 fully saturated rings. The van der Waals surface area contributed by atoms with Gasteiger partial charge in [-0.3, -0.25) is 4.90 Å². The van der Waals surface area contributed by atoms with Crippen molar-refractivity contribution < 1.29 is 17.2 Å². The minimum absolute atomic E-state index is 0.293. The van der Waals surface area contributed by atoms with Gasteiger partial charge < -0.3 is 0 Å². The molecule has 5 nitrogen and oxygen atoms in total. The smallest absolute Gasteiger partial charge is 0.282 e. The second-order valence-corrected chi connectivity index (χ2v) is 7.93. The van der Waals surface area contributed by atoms with E-state index >= 15 is 0 Å². The number of halogens is 2.